The van der Waals surface area contributed by atoms with E-state index in [4.69, 9.17) is 11.6 Å². The number of halogens is 1. The smallest absolute Gasteiger partial charge is 0.265 e. The molecule has 12 heavy (non-hydrogen) atoms. The van der Waals surface area contributed by atoms with Crippen LogP contribution in [0.1, 0.15) is 16.1 Å². The molecule has 0 aromatic carbocycles. The summed E-state index contributed by atoms with van der Waals surface area (Å²) in [4.78, 5) is 17.7. The van der Waals surface area contributed by atoms with Crippen LogP contribution in [-0.4, -0.2) is 28.9 Å². The second kappa shape index (κ2) is 3.03. The quantitative estimate of drug-likeness (QED) is 0.694. The van der Waals surface area contributed by atoms with Gasteiger partial charge in [0.1, 0.15) is 4.88 Å². The molecule has 1 aliphatic heterocycles. The molecule has 0 bridgehead atoms. The van der Waals surface area contributed by atoms with Gasteiger partial charge in [-0.3, -0.25) is 4.79 Å². The van der Waals surface area contributed by atoms with Crippen LogP contribution in [0.5, 0.6) is 0 Å². The molecule has 0 spiro atoms. The van der Waals surface area contributed by atoms with Gasteiger partial charge in [0.25, 0.3) is 5.91 Å². The summed E-state index contributed by atoms with van der Waals surface area (Å²) in [5.41, 5.74) is 0. The van der Waals surface area contributed by atoms with Crippen LogP contribution >= 0.6 is 22.9 Å². The topological polar surface area (TPSA) is 33.2 Å². The summed E-state index contributed by atoms with van der Waals surface area (Å²) >= 11 is 6.84. The highest BCUT2D eigenvalue weighted by Gasteiger charge is 2.22. The number of rotatable bonds is 1. The molecule has 1 saturated heterocycles. The lowest BCUT2D eigenvalue weighted by Gasteiger charge is -2.30. The maximum atomic E-state index is 11.5. The number of amides is 1. The van der Waals surface area contributed by atoms with Crippen LogP contribution in [0.15, 0.2) is 6.20 Å². The molecule has 0 unspecified atom stereocenters. The van der Waals surface area contributed by atoms with Gasteiger partial charge in [-0.2, -0.15) is 0 Å². The Balaban J connectivity index is 2.13. The third-order valence-electron chi connectivity index (χ3n) is 1.83. The fourth-order valence-electron chi connectivity index (χ4n) is 1.03. The number of aromatic nitrogens is 1. The molecule has 0 saturated carbocycles. The Morgan fingerprint density at radius 3 is 2.83 bits per heavy atom. The molecule has 1 amide bonds. The van der Waals surface area contributed by atoms with Crippen LogP contribution in [0.2, 0.25) is 4.47 Å². The van der Waals surface area contributed by atoms with Crippen molar-refractivity contribution >= 4 is 28.8 Å². The van der Waals surface area contributed by atoms with Crippen molar-refractivity contribution in [3.8, 4) is 0 Å². The number of likely N-dealkylation sites (tertiary alicyclic amines) is 1. The molecule has 1 aromatic heterocycles. The van der Waals surface area contributed by atoms with E-state index < -0.39 is 0 Å². The van der Waals surface area contributed by atoms with E-state index in [1.807, 2.05) is 0 Å². The van der Waals surface area contributed by atoms with Crippen LogP contribution in [-0.2, 0) is 0 Å². The van der Waals surface area contributed by atoms with Gasteiger partial charge in [-0.25, -0.2) is 4.98 Å². The Bertz CT molecular complexity index is 308. The van der Waals surface area contributed by atoms with Gasteiger partial charge in [-0.1, -0.05) is 22.9 Å². The van der Waals surface area contributed by atoms with Crippen molar-refractivity contribution in [2.24, 2.45) is 0 Å². The van der Waals surface area contributed by atoms with Crippen molar-refractivity contribution in [1.82, 2.24) is 9.88 Å². The Kier molecular flexibility index (Phi) is 2.02. The second-order valence-corrected chi connectivity index (χ2v) is 4.24. The number of carbonyl (C=O) groups excluding carboxylic acids is 1. The molecule has 1 fully saturated rings. The Morgan fingerprint density at radius 2 is 2.42 bits per heavy atom. The number of nitrogens with zero attached hydrogens (tertiary/aromatic N) is 2. The normalized spacial score (nSPS) is 15.9. The molecule has 2 heterocycles. The van der Waals surface area contributed by atoms with Crippen LogP contribution in [0.4, 0.5) is 0 Å². The number of hydrogen-bond acceptors (Lipinski definition) is 3. The zero-order valence-electron chi connectivity index (χ0n) is 6.29. The average Bonchev–Trinajstić information content (AvgIpc) is 2.31. The van der Waals surface area contributed by atoms with Crippen LogP contribution < -0.4 is 0 Å². The molecule has 3 nitrogen and oxygen atoms in total. The maximum absolute atomic E-state index is 11.5. The minimum atomic E-state index is 0.0608. The highest BCUT2D eigenvalue weighted by molar-refractivity contribution is 7.17. The van der Waals surface area contributed by atoms with Gasteiger partial charge in [0.15, 0.2) is 4.47 Å². The summed E-state index contributed by atoms with van der Waals surface area (Å²) in [5.74, 6) is 0.0608. The fourth-order valence-corrected chi connectivity index (χ4v) is 1.93. The summed E-state index contributed by atoms with van der Waals surface area (Å²) in [7, 11) is 0. The van der Waals surface area contributed by atoms with Crippen molar-refractivity contribution in [3.63, 3.8) is 0 Å². The molecular weight excluding hydrogens is 196 g/mol. The third-order valence-corrected chi connectivity index (χ3v) is 2.93. The molecule has 1 aliphatic rings. The second-order valence-electron chi connectivity index (χ2n) is 2.62. The zero-order valence-corrected chi connectivity index (χ0v) is 7.86. The van der Waals surface area contributed by atoms with Crippen molar-refractivity contribution in [1.29, 1.82) is 0 Å². The largest absolute Gasteiger partial charge is 0.338 e. The molecule has 0 atom stereocenters. The van der Waals surface area contributed by atoms with E-state index in [2.05, 4.69) is 4.98 Å². The lowest BCUT2D eigenvalue weighted by molar-refractivity contribution is 0.0656. The van der Waals surface area contributed by atoms with Gasteiger partial charge in [-0.05, 0) is 6.42 Å². The molecule has 0 aliphatic carbocycles. The average molecular weight is 203 g/mol. The number of hydrogen-bond donors (Lipinski definition) is 0. The predicted molar refractivity (Wildman–Crippen MR) is 47.6 cm³/mol. The highest BCUT2D eigenvalue weighted by Crippen LogP contribution is 2.21. The van der Waals surface area contributed by atoms with E-state index in [0.29, 0.717) is 9.34 Å². The number of thiazole rings is 1. The molecular formula is C7H7ClN2OS. The first-order chi connectivity index (χ1) is 5.77. The van der Waals surface area contributed by atoms with Gasteiger partial charge < -0.3 is 4.90 Å². The summed E-state index contributed by atoms with van der Waals surface area (Å²) < 4.78 is 0.430. The summed E-state index contributed by atoms with van der Waals surface area (Å²) in [6, 6.07) is 0. The Morgan fingerprint density at radius 1 is 1.67 bits per heavy atom. The van der Waals surface area contributed by atoms with Crippen LogP contribution in [0, 0.1) is 0 Å². The molecule has 2 rings (SSSR count). The lowest BCUT2D eigenvalue weighted by Crippen LogP contribution is -2.41. The van der Waals surface area contributed by atoms with Crippen LogP contribution in [0.25, 0.3) is 0 Å². The van der Waals surface area contributed by atoms with Crippen molar-refractivity contribution in [2.75, 3.05) is 13.1 Å². The maximum Gasteiger partial charge on any atom is 0.265 e. The van der Waals surface area contributed by atoms with Crippen molar-refractivity contribution in [2.45, 2.75) is 6.42 Å². The summed E-state index contributed by atoms with van der Waals surface area (Å²) in [6.07, 6.45) is 2.64. The van der Waals surface area contributed by atoms with Gasteiger partial charge in [0.05, 0.1) is 6.20 Å². The van der Waals surface area contributed by atoms with Crippen molar-refractivity contribution in [3.05, 3.63) is 15.5 Å². The predicted octanol–water partition coefficient (Wildman–Crippen LogP) is 1.64. The first-order valence-electron chi connectivity index (χ1n) is 3.68. The molecule has 64 valence electrons. The van der Waals surface area contributed by atoms with Crippen molar-refractivity contribution < 1.29 is 4.79 Å². The van der Waals surface area contributed by atoms with E-state index in [1.165, 1.54) is 17.5 Å². The first-order valence-corrected chi connectivity index (χ1v) is 4.87. The van der Waals surface area contributed by atoms with Gasteiger partial charge in [0, 0.05) is 13.1 Å². The zero-order chi connectivity index (χ0) is 8.55. The van der Waals surface area contributed by atoms with Gasteiger partial charge >= 0.3 is 0 Å². The summed E-state index contributed by atoms with van der Waals surface area (Å²) in [6.45, 7) is 1.74. The van der Waals surface area contributed by atoms with Gasteiger partial charge in [-0.15, -0.1) is 0 Å². The Hall–Kier alpha value is -0.610. The molecule has 1 aromatic rings. The highest BCUT2D eigenvalue weighted by atomic mass is 35.5. The molecule has 5 heteroatoms. The van der Waals surface area contributed by atoms with Crippen LogP contribution in [0.3, 0.4) is 0 Å². The first kappa shape index (κ1) is 8.01. The SMILES string of the molecule is O=C(c1cnc(Cl)s1)N1CCC1. The van der Waals surface area contributed by atoms with E-state index in [-0.39, 0.29) is 5.91 Å². The lowest BCUT2D eigenvalue weighted by atomic mass is 10.2. The van der Waals surface area contributed by atoms with E-state index in [1.54, 1.807) is 4.90 Å². The third kappa shape index (κ3) is 1.32. The van der Waals surface area contributed by atoms with Gasteiger partial charge in [0.2, 0.25) is 0 Å². The van der Waals surface area contributed by atoms with E-state index >= 15 is 0 Å². The monoisotopic (exact) mass is 202 g/mol. The fraction of sp³-hybridized carbons (Fsp3) is 0.429. The van der Waals surface area contributed by atoms with E-state index in [0.717, 1.165) is 19.5 Å². The minimum Gasteiger partial charge on any atom is -0.338 e. The standard InChI is InChI=1S/C7H7ClN2OS/c8-7-9-4-5(12-7)6(11)10-2-1-3-10/h4H,1-3H2. The number of carbonyl (C=O) groups is 1. The molecule has 0 radical (unpaired) electrons. The Labute approximate surface area is 79.0 Å². The molecule has 0 N–H and O–H groups in total. The van der Waals surface area contributed by atoms with E-state index in [9.17, 15) is 4.79 Å². The minimum absolute atomic E-state index is 0.0608. The summed E-state index contributed by atoms with van der Waals surface area (Å²) in [5, 5.41) is 0.